The number of piperazine rings is 1. The molecule has 7 nitrogen and oxygen atoms in total. The number of nitrogens with zero attached hydrogens (tertiary/aromatic N) is 2. The average Bonchev–Trinajstić information content (AvgIpc) is 3.38. The number of benzene rings is 2. The Morgan fingerprint density at radius 2 is 1.58 bits per heavy atom. The fourth-order valence-corrected chi connectivity index (χ4v) is 4.99. The Labute approximate surface area is 195 Å². The van der Waals surface area contributed by atoms with Crippen LogP contribution in [-0.2, 0) is 4.79 Å². The van der Waals surface area contributed by atoms with Gasteiger partial charge in [0.15, 0.2) is 0 Å². The summed E-state index contributed by atoms with van der Waals surface area (Å²) >= 11 is 0. The first kappa shape index (κ1) is 23.1. The van der Waals surface area contributed by atoms with Crippen LogP contribution in [0.1, 0.15) is 36.0 Å². The second-order valence-corrected chi connectivity index (χ2v) is 8.77. The van der Waals surface area contributed by atoms with Gasteiger partial charge in [-0.1, -0.05) is 18.9 Å². The smallest absolute Gasteiger partial charge is 0.253 e. The molecule has 2 fully saturated rings. The highest BCUT2D eigenvalue weighted by Gasteiger charge is 2.37. The van der Waals surface area contributed by atoms with E-state index in [0.717, 1.165) is 30.0 Å². The van der Waals surface area contributed by atoms with Gasteiger partial charge >= 0.3 is 0 Å². The van der Waals surface area contributed by atoms with Gasteiger partial charge in [-0.25, -0.2) is 0 Å². The topological polar surface area (TPSA) is 71.1 Å². The molecular weight excluding hydrogens is 418 g/mol. The van der Waals surface area contributed by atoms with Crippen molar-refractivity contribution in [2.75, 3.05) is 45.7 Å². The summed E-state index contributed by atoms with van der Waals surface area (Å²) in [4.78, 5) is 30.5. The zero-order valence-electron chi connectivity index (χ0n) is 19.5. The van der Waals surface area contributed by atoms with Crippen LogP contribution in [0.3, 0.4) is 0 Å². The zero-order chi connectivity index (χ0) is 23.2. The van der Waals surface area contributed by atoms with Crippen molar-refractivity contribution < 1.29 is 19.1 Å². The lowest BCUT2D eigenvalue weighted by molar-refractivity contribution is -0.123. The van der Waals surface area contributed by atoms with Gasteiger partial charge in [0.2, 0.25) is 5.91 Å². The molecule has 2 aromatic rings. The Hall–Kier alpha value is -3.06. The minimum atomic E-state index is -0.183. The van der Waals surface area contributed by atoms with E-state index in [1.165, 1.54) is 12.8 Å². The number of carbonyl (C=O) groups is 2. The van der Waals surface area contributed by atoms with Crippen LogP contribution in [0.4, 0.5) is 5.69 Å². The van der Waals surface area contributed by atoms with Gasteiger partial charge in [0.1, 0.15) is 11.5 Å². The minimum Gasteiger partial charge on any atom is -0.497 e. The highest BCUT2D eigenvalue weighted by molar-refractivity contribution is 5.96. The van der Waals surface area contributed by atoms with E-state index in [2.05, 4.69) is 10.2 Å². The molecule has 7 heteroatoms. The fourth-order valence-electron chi connectivity index (χ4n) is 4.99. The molecule has 0 radical (unpaired) electrons. The molecule has 2 amide bonds. The third-order valence-corrected chi connectivity index (χ3v) is 6.78. The number of anilines is 1. The predicted molar refractivity (Wildman–Crippen MR) is 128 cm³/mol. The molecule has 2 aliphatic rings. The minimum absolute atomic E-state index is 0.0237. The molecule has 1 aliphatic heterocycles. The van der Waals surface area contributed by atoms with E-state index in [1.54, 1.807) is 26.4 Å². The SMILES string of the molecule is COc1ccc(C(=O)N2CCN([C@@H](C(=O)Nc3cccc(OC)c3)C3CCCC3)CC2)cc1. The van der Waals surface area contributed by atoms with Crippen molar-refractivity contribution in [3.05, 3.63) is 54.1 Å². The Bertz CT molecular complexity index is 948. The molecule has 33 heavy (non-hydrogen) atoms. The first-order chi connectivity index (χ1) is 16.1. The second kappa shape index (κ2) is 10.7. The lowest BCUT2D eigenvalue weighted by atomic mass is 9.94. The van der Waals surface area contributed by atoms with Gasteiger partial charge in [0.05, 0.1) is 20.3 Å². The standard InChI is InChI=1S/C26H33N3O4/c1-32-22-12-10-20(11-13-22)26(31)29-16-14-28(15-17-29)24(19-6-3-4-7-19)25(30)27-21-8-5-9-23(18-21)33-2/h5,8-13,18-19,24H,3-4,6-7,14-17H2,1-2H3,(H,27,30)/t24-/m1/s1. The van der Waals surface area contributed by atoms with Crippen LogP contribution >= 0.6 is 0 Å². The van der Waals surface area contributed by atoms with Crippen LogP contribution in [0.2, 0.25) is 0 Å². The van der Waals surface area contributed by atoms with Gasteiger partial charge in [-0.15, -0.1) is 0 Å². The van der Waals surface area contributed by atoms with Gasteiger partial charge in [0, 0.05) is 43.5 Å². The van der Waals surface area contributed by atoms with E-state index in [-0.39, 0.29) is 17.9 Å². The van der Waals surface area contributed by atoms with Gasteiger partial charge in [-0.05, 0) is 55.2 Å². The first-order valence-electron chi connectivity index (χ1n) is 11.7. The molecule has 1 saturated carbocycles. The monoisotopic (exact) mass is 451 g/mol. The van der Waals surface area contributed by atoms with E-state index >= 15 is 0 Å². The lowest BCUT2D eigenvalue weighted by Crippen LogP contribution is -2.56. The molecule has 1 heterocycles. The first-order valence-corrected chi connectivity index (χ1v) is 11.7. The molecule has 0 unspecified atom stereocenters. The third kappa shape index (κ3) is 5.47. The average molecular weight is 452 g/mol. The molecule has 1 N–H and O–H groups in total. The Morgan fingerprint density at radius 1 is 0.909 bits per heavy atom. The summed E-state index contributed by atoms with van der Waals surface area (Å²) in [6.45, 7) is 2.60. The van der Waals surface area contributed by atoms with Crippen molar-refractivity contribution in [3.8, 4) is 11.5 Å². The normalized spacial score (nSPS) is 18.1. The van der Waals surface area contributed by atoms with Gasteiger partial charge in [0.25, 0.3) is 5.91 Å². The summed E-state index contributed by atoms with van der Waals surface area (Å²) in [6, 6.07) is 14.5. The molecule has 1 aliphatic carbocycles. The molecule has 2 aromatic carbocycles. The lowest BCUT2D eigenvalue weighted by Gasteiger charge is -2.40. The molecule has 1 saturated heterocycles. The highest BCUT2D eigenvalue weighted by Crippen LogP contribution is 2.32. The summed E-state index contributed by atoms with van der Waals surface area (Å²) in [6.07, 6.45) is 4.48. The maximum absolute atomic E-state index is 13.4. The fraction of sp³-hybridized carbons (Fsp3) is 0.462. The van der Waals surface area contributed by atoms with Crippen molar-refractivity contribution in [1.29, 1.82) is 0 Å². The zero-order valence-corrected chi connectivity index (χ0v) is 19.5. The number of nitrogens with one attached hydrogen (secondary N) is 1. The van der Waals surface area contributed by atoms with Gasteiger partial charge in [-0.3, -0.25) is 14.5 Å². The maximum atomic E-state index is 13.4. The van der Waals surface area contributed by atoms with Crippen LogP contribution < -0.4 is 14.8 Å². The van der Waals surface area contributed by atoms with Crippen LogP contribution in [0, 0.1) is 5.92 Å². The highest BCUT2D eigenvalue weighted by atomic mass is 16.5. The second-order valence-electron chi connectivity index (χ2n) is 8.77. The number of rotatable bonds is 7. The summed E-state index contributed by atoms with van der Waals surface area (Å²) in [5, 5.41) is 3.11. The Morgan fingerprint density at radius 3 is 2.21 bits per heavy atom. The van der Waals surface area contributed by atoms with Gasteiger partial charge in [-0.2, -0.15) is 0 Å². The molecule has 0 spiro atoms. The molecule has 176 valence electrons. The van der Waals surface area contributed by atoms with Crippen molar-refractivity contribution in [2.45, 2.75) is 31.7 Å². The third-order valence-electron chi connectivity index (χ3n) is 6.78. The van der Waals surface area contributed by atoms with Crippen molar-refractivity contribution in [2.24, 2.45) is 5.92 Å². The van der Waals surface area contributed by atoms with Crippen LogP contribution in [0.15, 0.2) is 48.5 Å². The predicted octanol–water partition coefficient (Wildman–Crippen LogP) is 3.66. The van der Waals surface area contributed by atoms with E-state index in [0.29, 0.717) is 37.7 Å². The van der Waals surface area contributed by atoms with Gasteiger partial charge < -0.3 is 19.7 Å². The molecule has 0 aromatic heterocycles. The molecular formula is C26H33N3O4. The molecule has 4 rings (SSSR count). The van der Waals surface area contributed by atoms with E-state index in [4.69, 9.17) is 9.47 Å². The number of methoxy groups -OCH3 is 2. The van der Waals surface area contributed by atoms with Crippen molar-refractivity contribution in [3.63, 3.8) is 0 Å². The summed E-state index contributed by atoms with van der Waals surface area (Å²) in [5.74, 6) is 1.86. The molecule has 0 bridgehead atoms. The number of hydrogen-bond acceptors (Lipinski definition) is 5. The van der Waals surface area contributed by atoms with E-state index < -0.39 is 0 Å². The van der Waals surface area contributed by atoms with Crippen LogP contribution in [0.5, 0.6) is 11.5 Å². The number of ether oxygens (including phenoxy) is 2. The van der Waals surface area contributed by atoms with E-state index in [9.17, 15) is 9.59 Å². The number of hydrogen-bond donors (Lipinski definition) is 1. The van der Waals surface area contributed by atoms with Crippen LogP contribution in [0.25, 0.3) is 0 Å². The number of amides is 2. The van der Waals surface area contributed by atoms with E-state index in [1.807, 2.05) is 41.3 Å². The Kier molecular flexibility index (Phi) is 7.50. The largest absolute Gasteiger partial charge is 0.497 e. The summed E-state index contributed by atoms with van der Waals surface area (Å²) in [7, 11) is 3.23. The van der Waals surface area contributed by atoms with Crippen molar-refractivity contribution in [1.82, 2.24) is 9.80 Å². The maximum Gasteiger partial charge on any atom is 0.253 e. The van der Waals surface area contributed by atoms with Crippen molar-refractivity contribution >= 4 is 17.5 Å². The number of carbonyl (C=O) groups excluding carboxylic acids is 2. The summed E-state index contributed by atoms with van der Waals surface area (Å²) < 4.78 is 10.5. The molecule has 1 atom stereocenters. The van der Waals surface area contributed by atoms with Crippen LogP contribution in [-0.4, -0.2) is 68.1 Å². The Balaban J connectivity index is 1.42. The summed E-state index contributed by atoms with van der Waals surface area (Å²) in [5.41, 5.74) is 1.41. The quantitative estimate of drug-likeness (QED) is 0.696.